The van der Waals surface area contributed by atoms with Gasteiger partial charge in [0.05, 0.1) is 7.11 Å². The number of nitrogens with one attached hydrogen (secondary N) is 1. The highest BCUT2D eigenvalue weighted by Crippen LogP contribution is 2.39. The molecule has 30 heavy (non-hydrogen) atoms. The zero-order chi connectivity index (χ0) is 21.4. The minimum Gasteiger partial charge on any atom is -0.467 e. The number of benzene rings is 3. The molecule has 0 heterocycles. The summed E-state index contributed by atoms with van der Waals surface area (Å²) >= 11 is 0. The Labute approximate surface area is 177 Å². The fourth-order valence-electron chi connectivity index (χ4n) is 3.75. The third-order valence-electron chi connectivity index (χ3n) is 5.15. The van der Waals surface area contributed by atoms with Crippen LogP contribution in [-0.2, 0) is 19.7 Å². The van der Waals surface area contributed by atoms with Crippen molar-refractivity contribution in [2.45, 2.75) is 17.9 Å². The van der Waals surface area contributed by atoms with Gasteiger partial charge in [-0.2, -0.15) is 0 Å². The van der Waals surface area contributed by atoms with Crippen molar-refractivity contribution in [2.24, 2.45) is 0 Å². The summed E-state index contributed by atoms with van der Waals surface area (Å²) in [6, 6.07) is 27.9. The van der Waals surface area contributed by atoms with Crippen molar-refractivity contribution in [3.63, 3.8) is 0 Å². The molecule has 152 valence electrons. The maximum Gasteiger partial charge on any atom is 0.328 e. The van der Waals surface area contributed by atoms with Crippen molar-refractivity contribution < 1.29 is 14.3 Å². The topological polar surface area (TPSA) is 55.4 Å². The molecule has 0 saturated carbocycles. The van der Waals surface area contributed by atoms with Crippen LogP contribution in [0.4, 0.5) is 0 Å². The third kappa shape index (κ3) is 4.03. The molecule has 0 aliphatic carbocycles. The average Bonchev–Trinajstić information content (AvgIpc) is 2.81. The van der Waals surface area contributed by atoms with Gasteiger partial charge in [-0.3, -0.25) is 4.79 Å². The summed E-state index contributed by atoms with van der Waals surface area (Å²) in [4.78, 5) is 26.3. The van der Waals surface area contributed by atoms with Crippen molar-refractivity contribution in [3.8, 4) is 0 Å². The molecule has 4 heteroatoms. The lowest BCUT2D eigenvalue weighted by molar-refractivity contribution is -0.145. The standard InChI is InChI=1S/C26H25NO3/c1-3-13-23(24(28)30-2)27-25(29)26(20-14-7-4-8-15-20,21-16-9-5-10-17-21)22-18-11-6-12-19-22/h3-12,14-19,23H,1,13H2,2H3,(H,27,29)/t23-/m0/s1. The molecule has 0 unspecified atom stereocenters. The molecule has 0 fully saturated rings. The van der Waals surface area contributed by atoms with Gasteiger partial charge in [0, 0.05) is 0 Å². The van der Waals surface area contributed by atoms with Gasteiger partial charge in [0.1, 0.15) is 11.5 Å². The van der Waals surface area contributed by atoms with Crippen LogP contribution >= 0.6 is 0 Å². The van der Waals surface area contributed by atoms with E-state index < -0.39 is 17.4 Å². The van der Waals surface area contributed by atoms with Crippen LogP contribution in [0.1, 0.15) is 23.1 Å². The molecule has 0 bridgehead atoms. The molecular formula is C26H25NO3. The lowest BCUT2D eigenvalue weighted by Gasteiger charge is -2.35. The predicted octanol–water partition coefficient (Wildman–Crippen LogP) is 4.25. The fourth-order valence-corrected chi connectivity index (χ4v) is 3.75. The van der Waals surface area contributed by atoms with Crippen molar-refractivity contribution in [3.05, 3.63) is 120 Å². The molecule has 0 saturated heterocycles. The van der Waals surface area contributed by atoms with E-state index in [2.05, 4.69) is 11.9 Å². The van der Waals surface area contributed by atoms with Gasteiger partial charge < -0.3 is 10.1 Å². The van der Waals surface area contributed by atoms with E-state index in [1.807, 2.05) is 91.0 Å². The van der Waals surface area contributed by atoms with Crippen molar-refractivity contribution in [1.82, 2.24) is 5.32 Å². The fraction of sp³-hybridized carbons (Fsp3) is 0.154. The lowest BCUT2D eigenvalue weighted by Crippen LogP contribution is -2.52. The van der Waals surface area contributed by atoms with E-state index in [0.29, 0.717) is 0 Å². The first-order valence-corrected chi connectivity index (χ1v) is 9.80. The number of ether oxygens (including phenoxy) is 1. The Morgan fingerprint density at radius 2 is 1.27 bits per heavy atom. The lowest BCUT2D eigenvalue weighted by atomic mass is 9.68. The molecule has 0 aliphatic heterocycles. The van der Waals surface area contributed by atoms with E-state index in [1.54, 1.807) is 6.08 Å². The van der Waals surface area contributed by atoms with Gasteiger partial charge in [-0.15, -0.1) is 6.58 Å². The Bertz CT molecular complexity index is 888. The van der Waals surface area contributed by atoms with E-state index in [0.717, 1.165) is 16.7 Å². The second-order valence-corrected chi connectivity index (χ2v) is 6.92. The summed E-state index contributed by atoms with van der Waals surface area (Å²) in [5.41, 5.74) is 1.28. The number of amides is 1. The molecule has 1 atom stereocenters. The average molecular weight is 399 g/mol. The van der Waals surface area contributed by atoms with Gasteiger partial charge in [0.25, 0.3) is 0 Å². The minimum atomic E-state index is -1.14. The first kappa shape index (κ1) is 21.1. The molecular weight excluding hydrogens is 374 g/mol. The molecule has 3 aromatic carbocycles. The summed E-state index contributed by atoms with van der Waals surface area (Å²) in [5, 5.41) is 2.92. The van der Waals surface area contributed by atoms with Gasteiger partial charge in [-0.1, -0.05) is 97.1 Å². The van der Waals surface area contributed by atoms with Crippen LogP contribution in [0.3, 0.4) is 0 Å². The van der Waals surface area contributed by atoms with Gasteiger partial charge >= 0.3 is 5.97 Å². The largest absolute Gasteiger partial charge is 0.467 e. The first-order chi connectivity index (χ1) is 14.6. The zero-order valence-electron chi connectivity index (χ0n) is 17.0. The van der Waals surface area contributed by atoms with Gasteiger partial charge in [-0.05, 0) is 23.1 Å². The van der Waals surface area contributed by atoms with Crippen LogP contribution in [0.15, 0.2) is 104 Å². The number of hydrogen-bond donors (Lipinski definition) is 1. The first-order valence-electron chi connectivity index (χ1n) is 9.80. The molecule has 1 N–H and O–H groups in total. The number of carbonyl (C=O) groups excluding carboxylic acids is 2. The Hall–Kier alpha value is -3.66. The number of carbonyl (C=O) groups is 2. The second kappa shape index (κ2) is 9.70. The molecule has 3 rings (SSSR count). The van der Waals surface area contributed by atoms with E-state index in [1.165, 1.54) is 7.11 Å². The highest BCUT2D eigenvalue weighted by molar-refractivity contribution is 5.98. The van der Waals surface area contributed by atoms with E-state index in [9.17, 15) is 9.59 Å². The summed E-state index contributed by atoms with van der Waals surface area (Å²) in [6.07, 6.45) is 1.87. The van der Waals surface area contributed by atoms with Gasteiger partial charge in [0.2, 0.25) is 5.91 Å². The number of rotatable bonds is 8. The normalized spacial score (nSPS) is 11.9. The Morgan fingerprint density at radius 1 is 0.867 bits per heavy atom. The maximum atomic E-state index is 14.0. The summed E-state index contributed by atoms with van der Waals surface area (Å²) in [7, 11) is 1.31. The monoisotopic (exact) mass is 399 g/mol. The predicted molar refractivity (Wildman–Crippen MR) is 118 cm³/mol. The van der Waals surface area contributed by atoms with Crippen LogP contribution in [0.5, 0.6) is 0 Å². The maximum absolute atomic E-state index is 14.0. The molecule has 3 aromatic rings. The third-order valence-corrected chi connectivity index (χ3v) is 5.15. The molecule has 0 radical (unpaired) electrons. The molecule has 1 amide bonds. The zero-order valence-corrected chi connectivity index (χ0v) is 17.0. The Morgan fingerprint density at radius 3 is 1.60 bits per heavy atom. The molecule has 0 aliphatic rings. The van der Waals surface area contributed by atoms with Crippen LogP contribution in [-0.4, -0.2) is 25.0 Å². The molecule has 0 aromatic heterocycles. The Balaban J connectivity index is 2.24. The summed E-state index contributed by atoms with van der Waals surface area (Å²) in [5.74, 6) is -0.810. The Kier molecular flexibility index (Phi) is 6.81. The number of esters is 1. The van der Waals surface area contributed by atoms with Crippen LogP contribution in [0.2, 0.25) is 0 Å². The quantitative estimate of drug-likeness (QED) is 0.350. The van der Waals surface area contributed by atoms with E-state index in [4.69, 9.17) is 4.74 Å². The minimum absolute atomic E-state index is 0.271. The van der Waals surface area contributed by atoms with Crippen molar-refractivity contribution in [1.29, 1.82) is 0 Å². The van der Waals surface area contributed by atoms with Gasteiger partial charge in [-0.25, -0.2) is 4.79 Å². The van der Waals surface area contributed by atoms with Crippen molar-refractivity contribution >= 4 is 11.9 Å². The molecule has 4 nitrogen and oxygen atoms in total. The van der Waals surface area contributed by atoms with Crippen LogP contribution in [0.25, 0.3) is 0 Å². The highest BCUT2D eigenvalue weighted by atomic mass is 16.5. The van der Waals surface area contributed by atoms with Gasteiger partial charge in [0.15, 0.2) is 0 Å². The SMILES string of the molecule is C=CC[C@H](NC(=O)C(c1ccccc1)(c1ccccc1)c1ccccc1)C(=O)OC. The number of methoxy groups -OCH3 is 1. The summed E-state index contributed by atoms with van der Waals surface area (Å²) in [6.45, 7) is 3.70. The number of hydrogen-bond acceptors (Lipinski definition) is 3. The van der Waals surface area contributed by atoms with Crippen LogP contribution < -0.4 is 5.32 Å². The second-order valence-electron chi connectivity index (χ2n) is 6.92. The van der Waals surface area contributed by atoms with Crippen molar-refractivity contribution in [2.75, 3.05) is 7.11 Å². The smallest absolute Gasteiger partial charge is 0.328 e. The molecule has 0 spiro atoms. The van der Waals surface area contributed by atoms with E-state index >= 15 is 0 Å². The summed E-state index contributed by atoms with van der Waals surface area (Å²) < 4.78 is 4.89. The highest BCUT2D eigenvalue weighted by Gasteiger charge is 2.44. The van der Waals surface area contributed by atoms with Crippen LogP contribution in [0, 0.1) is 0 Å². The van der Waals surface area contributed by atoms with E-state index in [-0.39, 0.29) is 12.3 Å².